The number of carbonyl (C=O) groups is 2. The third-order valence-electron chi connectivity index (χ3n) is 4.60. The Labute approximate surface area is 171 Å². The van der Waals surface area contributed by atoms with Crippen molar-refractivity contribution in [1.82, 2.24) is 5.27 Å². The molecule has 1 aliphatic rings. The Morgan fingerprint density at radius 2 is 2.07 bits per heavy atom. The predicted molar refractivity (Wildman–Crippen MR) is 103 cm³/mol. The van der Waals surface area contributed by atoms with Crippen molar-refractivity contribution in [2.24, 2.45) is 7.05 Å². The molecule has 0 saturated carbocycles. The van der Waals surface area contributed by atoms with E-state index < -0.39 is 11.9 Å². The molecule has 10 heteroatoms. The van der Waals surface area contributed by atoms with Gasteiger partial charge in [-0.15, -0.1) is 11.3 Å². The Kier molecular flexibility index (Phi) is 6.95. The summed E-state index contributed by atoms with van der Waals surface area (Å²) in [5.74, 6) is -0.734. The molecule has 0 spiro atoms. The fraction of sp³-hybridized carbons (Fsp3) is 0.556. The highest BCUT2D eigenvalue weighted by Crippen LogP contribution is 2.37. The molecule has 2 heterocycles. The minimum absolute atomic E-state index is 0.193. The monoisotopic (exact) mass is 425 g/mol. The summed E-state index contributed by atoms with van der Waals surface area (Å²) in [5, 5.41) is 18.8. The number of anilines is 1. The largest absolute Gasteiger partial charge is 0.538 e. The maximum absolute atomic E-state index is 12.4. The number of hydrogen-bond donors (Lipinski definition) is 1. The van der Waals surface area contributed by atoms with E-state index in [1.807, 2.05) is 0 Å². The van der Waals surface area contributed by atoms with Gasteiger partial charge in [-0.05, 0) is 31.2 Å². The highest BCUT2D eigenvalue weighted by Gasteiger charge is 2.26. The Hall–Kier alpha value is -2.07. The first-order valence-electron chi connectivity index (χ1n) is 9.19. The molecule has 2 aromatic heterocycles. The van der Waals surface area contributed by atoms with Crippen LogP contribution in [0, 0.1) is 0 Å². The van der Waals surface area contributed by atoms with E-state index in [-0.39, 0.29) is 12.3 Å². The summed E-state index contributed by atoms with van der Waals surface area (Å²) >= 11 is 2.69. The molecular weight excluding hydrogens is 402 g/mol. The minimum atomic E-state index is -0.515. The standard InChI is InChI=1S/C18H23N3O5S2/c1-21-16(18(24)26-20-21)27-10-9-13(22)19-15-14(17(23)25-2)11-7-5-3-4-6-8-12(11)28-15/h3-10H2,1-2H3,(H-,19,20,22,23,24). The van der Waals surface area contributed by atoms with Gasteiger partial charge < -0.3 is 19.7 Å². The topological polar surface area (TPSA) is 108 Å². The van der Waals surface area contributed by atoms with Crippen LogP contribution in [0.25, 0.3) is 0 Å². The third-order valence-corrected chi connectivity index (χ3v) is 6.92. The number of methoxy groups -OCH3 is 1. The number of aromatic nitrogens is 2. The van der Waals surface area contributed by atoms with Crippen LogP contribution in [0.3, 0.4) is 0 Å². The van der Waals surface area contributed by atoms with Crippen molar-refractivity contribution in [3.8, 4) is 5.95 Å². The van der Waals surface area contributed by atoms with E-state index in [0.717, 1.165) is 42.5 Å². The van der Waals surface area contributed by atoms with Gasteiger partial charge in [0, 0.05) is 17.1 Å². The zero-order valence-corrected chi connectivity index (χ0v) is 17.5. The Morgan fingerprint density at radius 3 is 2.75 bits per heavy atom. The summed E-state index contributed by atoms with van der Waals surface area (Å²) in [6.45, 7) is 0. The fourth-order valence-corrected chi connectivity index (χ4v) is 5.36. The molecule has 2 aromatic rings. The SMILES string of the molecule is COC(=O)c1c(NC(=O)CCSc2c([O-])on[n+]2C)sc2c1CCCCCC2. The first-order valence-corrected chi connectivity index (χ1v) is 11.0. The molecule has 28 heavy (non-hydrogen) atoms. The molecule has 8 nitrogen and oxygen atoms in total. The fourth-order valence-electron chi connectivity index (χ4n) is 3.21. The van der Waals surface area contributed by atoms with Gasteiger partial charge in [0.25, 0.3) is 5.03 Å². The molecule has 1 aliphatic carbocycles. The van der Waals surface area contributed by atoms with Crippen LogP contribution in [0.5, 0.6) is 5.95 Å². The van der Waals surface area contributed by atoms with Gasteiger partial charge in [-0.25, -0.2) is 4.79 Å². The number of nitrogens with one attached hydrogen (secondary N) is 1. The summed E-state index contributed by atoms with van der Waals surface area (Å²) < 4.78 is 10.9. The van der Waals surface area contributed by atoms with Crippen molar-refractivity contribution >= 4 is 40.0 Å². The number of carbonyl (C=O) groups excluding carboxylic acids is 2. The van der Waals surface area contributed by atoms with Gasteiger partial charge in [-0.1, -0.05) is 29.3 Å². The molecular formula is C18H23N3O5S2. The van der Waals surface area contributed by atoms with Crippen LogP contribution in [0.15, 0.2) is 9.55 Å². The smallest absolute Gasteiger partial charge is 0.341 e. The molecule has 0 atom stereocenters. The van der Waals surface area contributed by atoms with Gasteiger partial charge in [-0.3, -0.25) is 4.79 Å². The van der Waals surface area contributed by atoms with Crippen LogP contribution in [0.4, 0.5) is 5.00 Å². The summed E-state index contributed by atoms with van der Waals surface area (Å²) in [5.41, 5.74) is 1.52. The van der Waals surface area contributed by atoms with Crippen molar-refractivity contribution in [1.29, 1.82) is 0 Å². The van der Waals surface area contributed by atoms with Crippen molar-refractivity contribution in [3.63, 3.8) is 0 Å². The second-order valence-electron chi connectivity index (χ2n) is 6.55. The van der Waals surface area contributed by atoms with Gasteiger partial charge in [0.1, 0.15) is 5.00 Å². The van der Waals surface area contributed by atoms with E-state index in [9.17, 15) is 14.7 Å². The molecule has 0 saturated heterocycles. The van der Waals surface area contributed by atoms with Crippen molar-refractivity contribution in [2.75, 3.05) is 18.2 Å². The van der Waals surface area contributed by atoms with Crippen LogP contribution < -0.4 is 15.1 Å². The number of esters is 1. The summed E-state index contributed by atoms with van der Waals surface area (Å²) in [6, 6.07) is 0. The Bertz CT molecular complexity index is 842. The number of aryl methyl sites for hydroxylation is 2. The van der Waals surface area contributed by atoms with Gasteiger partial charge in [0.2, 0.25) is 5.91 Å². The second kappa shape index (κ2) is 9.42. The van der Waals surface area contributed by atoms with Crippen molar-refractivity contribution < 1.29 is 28.6 Å². The second-order valence-corrected chi connectivity index (χ2v) is 8.74. The number of thiophene rings is 1. The molecule has 1 amide bonds. The zero-order chi connectivity index (χ0) is 20.1. The van der Waals surface area contributed by atoms with E-state index >= 15 is 0 Å². The first-order chi connectivity index (χ1) is 13.5. The lowest BCUT2D eigenvalue weighted by Gasteiger charge is -2.11. The van der Waals surface area contributed by atoms with Crippen LogP contribution >= 0.6 is 23.1 Å². The van der Waals surface area contributed by atoms with Crippen LogP contribution in [-0.2, 0) is 29.4 Å². The molecule has 3 rings (SSSR count). The van der Waals surface area contributed by atoms with Gasteiger partial charge in [0.15, 0.2) is 13.0 Å². The molecule has 152 valence electrons. The summed E-state index contributed by atoms with van der Waals surface area (Å²) in [7, 11) is 2.97. The average molecular weight is 426 g/mol. The molecule has 1 N–H and O–H groups in total. The van der Waals surface area contributed by atoms with E-state index in [1.54, 1.807) is 7.05 Å². The number of ether oxygens (including phenoxy) is 1. The zero-order valence-electron chi connectivity index (χ0n) is 15.9. The molecule has 0 aliphatic heterocycles. The molecule has 0 bridgehead atoms. The van der Waals surface area contributed by atoms with Crippen LogP contribution in [0.1, 0.15) is 52.9 Å². The lowest BCUT2D eigenvalue weighted by molar-refractivity contribution is -0.772. The Balaban J connectivity index is 1.69. The van der Waals surface area contributed by atoms with Crippen LogP contribution in [-0.4, -0.2) is 30.0 Å². The number of nitrogens with zero attached hydrogens (tertiary/aromatic N) is 2. The van der Waals surface area contributed by atoms with Crippen LogP contribution in [0.2, 0.25) is 0 Å². The van der Waals surface area contributed by atoms with Gasteiger partial charge in [-0.2, -0.15) is 0 Å². The summed E-state index contributed by atoms with van der Waals surface area (Å²) in [6.07, 6.45) is 6.40. The average Bonchev–Trinajstić information content (AvgIpc) is 3.14. The van der Waals surface area contributed by atoms with Gasteiger partial charge in [0.05, 0.1) is 17.9 Å². The van der Waals surface area contributed by atoms with E-state index in [1.165, 1.54) is 41.3 Å². The van der Waals surface area contributed by atoms with E-state index in [4.69, 9.17) is 4.74 Å². The quantitative estimate of drug-likeness (QED) is 0.429. The maximum atomic E-state index is 12.4. The minimum Gasteiger partial charge on any atom is -0.538 e. The number of hydrogen-bond acceptors (Lipinski definition) is 8. The molecule has 0 fully saturated rings. The third kappa shape index (κ3) is 4.67. The van der Waals surface area contributed by atoms with Crippen molar-refractivity contribution in [2.45, 2.75) is 50.0 Å². The highest BCUT2D eigenvalue weighted by atomic mass is 32.2. The van der Waals surface area contributed by atoms with E-state index in [0.29, 0.717) is 21.3 Å². The maximum Gasteiger partial charge on any atom is 0.341 e. The molecule has 0 radical (unpaired) electrons. The number of rotatable bonds is 6. The number of thioether (sulfide) groups is 1. The summed E-state index contributed by atoms with van der Waals surface area (Å²) in [4.78, 5) is 26.0. The first kappa shape index (κ1) is 20.7. The van der Waals surface area contributed by atoms with E-state index in [2.05, 4.69) is 15.1 Å². The lowest BCUT2D eigenvalue weighted by atomic mass is 9.96. The molecule has 0 aromatic carbocycles. The number of fused-ring (bicyclic) bond motifs is 1. The normalized spacial score (nSPS) is 14.1. The van der Waals surface area contributed by atoms with Crippen molar-refractivity contribution in [3.05, 3.63) is 16.0 Å². The number of amides is 1. The highest BCUT2D eigenvalue weighted by molar-refractivity contribution is 7.99. The van der Waals surface area contributed by atoms with Gasteiger partial charge >= 0.3 is 5.97 Å². The Morgan fingerprint density at radius 1 is 1.32 bits per heavy atom. The predicted octanol–water partition coefficient (Wildman–Crippen LogP) is 2.20. The molecule has 0 unspecified atom stereocenters. The lowest BCUT2D eigenvalue weighted by Crippen LogP contribution is -2.32.